The molecule has 0 radical (unpaired) electrons. The molecule has 2 amide bonds. The van der Waals surface area contributed by atoms with Crippen molar-refractivity contribution in [3.8, 4) is 5.69 Å². The summed E-state index contributed by atoms with van der Waals surface area (Å²) in [7, 11) is 1.51. The van der Waals surface area contributed by atoms with Crippen molar-refractivity contribution in [1.82, 2.24) is 19.6 Å². The van der Waals surface area contributed by atoms with E-state index in [1.165, 1.54) is 11.9 Å². The summed E-state index contributed by atoms with van der Waals surface area (Å²) in [5, 5.41) is 4.11. The van der Waals surface area contributed by atoms with Crippen LogP contribution in [-0.4, -0.2) is 70.7 Å². The third-order valence-electron chi connectivity index (χ3n) is 4.11. The van der Waals surface area contributed by atoms with Crippen LogP contribution in [0, 0.1) is 0 Å². The van der Waals surface area contributed by atoms with Crippen LogP contribution >= 0.6 is 0 Å². The molecule has 0 spiro atoms. The number of ether oxygens (including phenoxy) is 1. The zero-order valence-corrected chi connectivity index (χ0v) is 15.8. The lowest BCUT2D eigenvalue weighted by Gasteiger charge is -2.23. The first-order valence-corrected chi connectivity index (χ1v) is 8.75. The van der Waals surface area contributed by atoms with E-state index in [2.05, 4.69) is 5.10 Å². The molecule has 8 heteroatoms. The molecule has 144 valence electrons. The predicted octanol–water partition coefficient (Wildman–Crippen LogP) is 1.36. The summed E-state index contributed by atoms with van der Waals surface area (Å²) >= 11 is 0. The fourth-order valence-electron chi connectivity index (χ4n) is 2.46. The van der Waals surface area contributed by atoms with Crippen LogP contribution in [0.4, 0.5) is 0 Å². The number of carbonyl (C=O) groups is 3. The maximum absolute atomic E-state index is 12.1. The van der Waals surface area contributed by atoms with Crippen LogP contribution in [0.3, 0.4) is 0 Å². The van der Waals surface area contributed by atoms with Gasteiger partial charge < -0.3 is 14.5 Å². The molecular formula is C19H24N4O4. The average molecular weight is 372 g/mol. The molecule has 1 heterocycles. The number of esters is 1. The van der Waals surface area contributed by atoms with Crippen LogP contribution in [0.2, 0.25) is 0 Å². The number of aromatic nitrogens is 2. The second kappa shape index (κ2) is 9.51. The molecule has 2 aromatic rings. The molecule has 0 bridgehead atoms. The Morgan fingerprint density at radius 1 is 1.07 bits per heavy atom. The lowest BCUT2D eigenvalue weighted by Crippen LogP contribution is -2.42. The lowest BCUT2D eigenvalue weighted by atomic mass is 10.2. The minimum atomic E-state index is -0.598. The van der Waals surface area contributed by atoms with Gasteiger partial charge in [-0.05, 0) is 44.2 Å². The Morgan fingerprint density at radius 3 is 2.30 bits per heavy atom. The van der Waals surface area contributed by atoms with Gasteiger partial charge in [0.2, 0.25) is 5.91 Å². The summed E-state index contributed by atoms with van der Waals surface area (Å²) in [6.07, 6.45) is 3.45. The minimum Gasteiger partial charge on any atom is -0.452 e. The highest BCUT2D eigenvalue weighted by Gasteiger charge is 2.18. The van der Waals surface area contributed by atoms with Crippen molar-refractivity contribution in [3.63, 3.8) is 0 Å². The summed E-state index contributed by atoms with van der Waals surface area (Å²) in [6.45, 7) is 4.46. The second-order valence-electron chi connectivity index (χ2n) is 5.89. The Hall–Kier alpha value is -3.16. The summed E-state index contributed by atoms with van der Waals surface area (Å²) in [4.78, 5) is 39.1. The fourth-order valence-corrected chi connectivity index (χ4v) is 2.46. The van der Waals surface area contributed by atoms with Gasteiger partial charge in [0.25, 0.3) is 5.91 Å². The maximum atomic E-state index is 12.1. The Labute approximate surface area is 158 Å². The Bertz CT molecular complexity index is 768. The number of likely N-dealkylation sites (N-methyl/N-ethyl adjacent to an activating group) is 2. The third kappa shape index (κ3) is 5.40. The van der Waals surface area contributed by atoms with E-state index >= 15 is 0 Å². The van der Waals surface area contributed by atoms with Crippen molar-refractivity contribution in [2.24, 2.45) is 0 Å². The van der Waals surface area contributed by atoms with Gasteiger partial charge in [0.05, 0.1) is 17.8 Å². The van der Waals surface area contributed by atoms with E-state index < -0.39 is 18.5 Å². The standard InChI is InChI=1S/C19H24N4O4/c1-4-22(5-2)17(24)13-21(3)18(25)14-27-19(26)15-7-9-16(10-8-15)23-12-6-11-20-23/h6-12H,4-5,13-14H2,1-3H3. The molecule has 0 saturated carbocycles. The Balaban J connectivity index is 1.85. The highest BCUT2D eigenvalue weighted by atomic mass is 16.5. The summed E-state index contributed by atoms with van der Waals surface area (Å²) in [6, 6.07) is 8.49. The quantitative estimate of drug-likeness (QED) is 0.653. The van der Waals surface area contributed by atoms with Crippen LogP contribution in [0.5, 0.6) is 0 Å². The van der Waals surface area contributed by atoms with Gasteiger partial charge >= 0.3 is 5.97 Å². The normalized spacial score (nSPS) is 10.3. The number of hydrogen-bond donors (Lipinski definition) is 0. The molecule has 1 aromatic carbocycles. The molecule has 0 N–H and O–H groups in total. The van der Waals surface area contributed by atoms with Gasteiger partial charge in [-0.3, -0.25) is 9.59 Å². The van der Waals surface area contributed by atoms with E-state index in [0.29, 0.717) is 18.7 Å². The van der Waals surface area contributed by atoms with Crippen LogP contribution in [-0.2, 0) is 14.3 Å². The first-order chi connectivity index (χ1) is 13.0. The molecule has 27 heavy (non-hydrogen) atoms. The number of nitrogens with zero attached hydrogens (tertiary/aromatic N) is 4. The first-order valence-electron chi connectivity index (χ1n) is 8.75. The number of carbonyl (C=O) groups excluding carboxylic acids is 3. The van der Waals surface area contributed by atoms with Gasteiger partial charge in [0.1, 0.15) is 0 Å². The molecule has 0 fully saturated rings. The van der Waals surface area contributed by atoms with E-state index in [9.17, 15) is 14.4 Å². The molecule has 0 atom stereocenters. The molecule has 0 unspecified atom stereocenters. The highest BCUT2D eigenvalue weighted by Crippen LogP contribution is 2.09. The van der Waals surface area contributed by atoms with Crippen molar-refractivity contribution >= 4 is 17.8 Å². The second-order valence-corrected chi connectivity index (χ2v) is 5.89. The minimum absolute atomic E-state index is 0.0450. The van der Waals surface area contributed by atoms with Crippen molar-refractivity contribution in [1.29, 1.82) is 0 Å². The third-order valence-corrected chi connectivity index (χ3v) is 4.11. The smallest absolute Gasteiger partial charge is 0.338 e. The Morgan fingerprint density at radius 2 is 1.74 bits per heavy atom. The number of amides is 2. The largest absolute Gasteiger partial charge is 0.452 e. The molecular weight excluding hydrogens is 348 g/mol. The van der Waals surface area contributed by atoms with Crippen molar-refractivity contribution in [2.45, 2.75) is 13.8 Å². The molecule has 0 aliphatic rings. The van der Waals surface area contributed by atoms with Crippen LogP contribution in [0.15, 0.2) is 42.7 Å². The topological polar surface area (TPSA) is 84.7 Å². The van der Waals surface area contributed by atoms with Gasteiger partial charge in [0.15, 0.2) is 6.61 Å². The van der Waals surface area contributed by atoms with Gasteiger partial charge in [-0.15, -0.1) is 0 Å². The van der Waals surface area contributed by atoms with E-state index in [-0.39, 0.29) is 12.5 Å². The average Bonchev–Trinajstić information content (AvgIpc) is 3.21. The van der Waals surface area contributed by atoms with Gasteiger partial charge in [0, 0.05) is 32.5 Å². The Kier molecular flexibility index (Phi) is 7.10. The lowest BCUT2D eigenvalue weighted by molar-refractivity contribution is -0.140. The zero-order valence-electron chi connectivity index (χ0n) is 15.8. The van der Waals surface area contributed by atoms with Crippen molar-refractivity contribution in [2.75, 3.05) is 33.3 Å². The molecule has 1 aromatic heterocycles. The fraction of sp³-hybridized carbons (Fsp3) is 0.368. The molecule has 0 saturated heterocycles. The molecule has 8 nitrogen and oxygen atoms in total. The highest BCUT2D eigenvalue weighted by molar-refractivity contribution is 5.92. The van der Waals surface area contributed by atoms with Gasteiger partial charge in [-0.1, -0.05) is 0 Å². The summed E-state index contributed by atoms with van der Waals surface area (Å²) in [5.41, 5.74) is 1.14. The van der Waals surface area contributed by atoms with E-state index in [4.69, 9.17) is 4.74 Å². The SMILES string of the molecule is CCN(CC)C(=O)CN(C)C(=O)COC(=O)c1ccc(-n2cccn2)cc1. The molecule has 0 aliphatic heterocycles. The zero-order chi connectivity index (χ0) is 19.8. The van der Waals surface area contributed by atoms with Crippen LogP contribution < -0.4 is 0 Å². The number of benzene rings is 1. The van der Waals surface area contributed by atoms with Crippen molar-refractivity contribution in [3.05, 3.63) is 48.3 Å². The van der Waals surface area contributed by atoms with Crippen LogP contribution in [0.25, 0.3) is 5.69 Å². The van der Waals surface area contributed by atoms with Gasteiger partial charge in [-0.2, -0.15) is 5.10 Å². The summed E-state index contributed by atoms with van der Waals surface area (Å²) < 4.78 is 6.73. The van der Waals surface area contributed by atoms with E-state index in [1.807, 2.05) is 13.8 Å². The van der Waals surface area contributed by atoms with E-state index in [0.717, 1.165) is 5.69 Å². The molecule has 0 aliphatic carbocycles. The first kappa shape index (κ1) is 20.2. The van der Waals surface area contributed by atoms with Crippen molar-refractivity contribution < 1.29 is 19.1 Å². The predicted molar refractivity (Wildman–Crippen MR) is 99.4 cm³/mol. The van der Waals surface area contributed by atoms with Crippen LogP contribution in [0.1, 0.15) is 24.2 Å². The monoisotopic (exact) mass is 372 g/mol. The number of hydrogen-bond acceptors (Lipinski definition) is 5. The number of rotatable bonds is 8. The van der Waals surface area contributed by atoms with Gasteiger partial charge in [-0.25, -0.2) is 9.48 Å². The summed E-state index contributed by atoms with van der Waals surface area (Å²) in [5.74, 6) is -1.17. The van der Waals surface area contributed by atoms with E-state index in [1.54, 1.807) is 52.3 Å². The molecule has 2 rings (SSSR count). The maximum Gasteiger partial charge on any atom is 0.338 e.